The molecule has 0 aliphatic rings. The van der Waals surface area contributed by atoms with E-state index in [1.54, 1.807) is 26.0 Å². The van der Waals surface area contributed by atoms with Gasteiger partial charge in [-0.15, -0.1) is 0 Å². The monoisotopic (exact) mass is 267 g/mol. The number of halogens is 1. The van der Waals surface area contributed by atoms with Crippen molar-refractivity contribution in [1.29, 1.82) is 0 Å². The van der Waals surface area contributed by atoms with Crippen molar-refractivity contribution >= 4 is 11.8 Å². The molecule has 0 radical (unpaired) electrons. The lowest BCUT2D eigenvalue weighted by Crippen LogP contribution is -2.42. The van der Waals surface area contributed by atoms with Crippen LogP contribution in [0.1, 0.15) is 23.1 Å². The molecule has 1 unspecified atom stereocenters. The second-order valence-corrected chi connectivity index (χ2v) is 4.54. The van der Waals surface area contributed by atoms with Gasteiger partial charge in [0.2, 0.25) is 11.8 Å². The maximum absolute atomic E-state index is 13.4. The number of nitrogens with one attached hydrogen (secondary N) is 1. The summed E-state index contributed by atoms with van der Waals surface area (Å²) in [5.74, 6) is -1.34. The summed E-state index contributed by atoms with van der Waals surface area (Å²) in [5, 5.41) is 2.58. The van der Waals surface area contributed by atoms with Gasteiger partial charge in [0.25, 0.3) is 0 Å². The molecule has 104 valence electrons. The SMILES string of the molecule is Cc1cc(CNC(=O)C(N)CC(N)=O)cc(C)c1F. The highest BCUT2D eigenvalue weighted by molar-refractivity contribution is 5.87. The molecule has 0 aromatic heterocycles. The molecule has 0 heterocycles. The van der Waals surface area contributed by atoms with Crippen molar-refractivity contribution < 1.29 is 14.0 Å². The lowest BCUT2D eigenvalue weighted by atomic mass is 10.1. The van der Waals surface area contributed by atoms with Crippen LogP contribution in [0, 0.1) is 19.7 Å². The Morgan fingerprint density at radius 3 is 2.32 bits per heavy atom. The fourth-order valence-corrected chi connectivity index (χ4v) is 1.77. The Labute approximate surface area is 111 Å². The molecule has 1 aromatic rings. The van der Waals surface area contributed by atoms with Gasteiger partial charge in [-0.1, -0.05) is 12.1 Å². The lowest BCUT2D eigenvalue weighted by Gasteiger charge is -2.12. The molecule has 2 amide bonds. The van der Waals surface area contributed by atoms with Gasteiger partial charge in [-0.05, 0) is 30.5 Å². The van der Waals surface area contributed by atoms with E-state index in [0.717, 1.165) is 5.56 Å². The standard InChI is InChI=1S/C13H18FN3O2/c1-7-3-9(4-8(2)12(7)14)6-17-13(19)10(15)5-11(16)18/h3-4,10H,5-6,15H2,1-2H3,(H2,16,18)(H,17,19). The van der Waals surface area contributed by atoms with Crippen molar-refractivity contribution in [2.24, 2.45) is 11.5 Å². The number of carbonyl (C=O) groups is 2. The summed E-state index contributed by atoms with van der Waals surface area (Å²) in [5.41, 5.74) is 12.3. The first kappa shape index (κ1) is 15.1. The summed E-state index contributed by atoms with van der Waals surface area (Å²) < 4.78 is 13.4. The molecule has 0 fully saturated rings. The summed E-state index contributed by atoms with van der Waals surface area (Å²) in [6, 6.07) is 2.35. The summed E-state index contributed by atoms with van der Waals surface area (Å²) in [6.07, 6.45) is -0.201. The van der Waals surface area contributed by atoms with Crippen molar-refractivity contribution in [3.63, 3.8) is 0 Å². The molecular weight excluding hydrogens is 249 g/mol. The quantitative estimate of drug-likeness (QED) is 0.713. The van der Waals surface area contributed by atoms with E-state index in [2.05, 4.69) is 5.32 Å². The van der Waals surface area contributed by atoms with Crippen molar-refractivity contribution in [2.75, 3.05) is 0 Å². The molecule has 19 heavy (non-hydrogen) atoms. The Morgan fingerprint density at radius 1 is 1.32 bits per heavy atom. The van der Waals surface area contributed by atoms with Crippen LogP contribution in [0.5, 0.6) is 0 Å². The molecule has 0 saturated heterocycles. The van der Waals surface area contributed by atoms with E-state index in [0.29, 0.717) is 11.1 Å². The number of rotatable bonds is 5. The third-order valence-corrected chi connectivity index (χ3v) is 2.72. The Balaban J connectivity index is 2.62. The maximum atomic E-state index is 13.4. The van der Waals surface area contributed by atoms with Crippen LogP contribution < -0.4 is 16.8 Å². The first-order chi connectivity index (χ1) is 8.81. The van der Waals surface area contributed by atoms with Crippen LogP contribution in [0.2, 0.25) is 0 Å². The minimum Gasteiger partial charge on any atom is -0.370 e. The molecule has 5 nitrogen and oxygen atoms in total. The van der Waals surface area contributed by atoms with Crippen LogP contribution in [0.25, 0.3) is 0 Å². The Hall–Kier alpha value is -1.95. The average molecular weight is 267 g/mol. The summed E-state index contributed by atoms with van der Waals surface area (Å²) >= 11 is 0. The highest BCUT2D eigenvalue weighted by atomic mass is 19.1. The predicted molar refractivity (Wildman–Crippen MR) is 69.5 cm³/mol. The summed E-state index contributed by atoms with van der Waals surface area (Å²) in [6.45, 7) is 3.55. The predicted octanol–water partition coefficient (Wildman–Crippen LogP) is 0.261. The van der Waals surface area contributed by atoms with Gasteiger partial charge in [0.15, 0.2) is 0 Å². The van der Waals surface area contributed by atoms with E-state index < -0.39 is 17.9 Å². The zero-order valence-corrected chi connectivity index (χ0v) is 11.0. The highest BCUT2D eigenvalue weighted by Crippen LogP contribution is 2.14. The molecule has 1 rings (SSSR count). The van der Waals surface area contributed by atoms with E-state index in [4.69, 9.17) is 11.5 Å². The van der Waals surface area contributed by atoms with Gasteiger partial charge in [0, 0.05) is 6.54 Å². The van der Waals surface area contributed by atoms with Crippen LogP contribution in [0.3, 0.4) is 0 Å². The van der Waals surface area contributed by atoms with Gasteiger partial charge >= 0.3 is 0 Å². The molecule has 0 aliphatic heterocycles. The topological polar surface area (TPSA) is 98.2 Å². The van der Waals surface area contributed by atoms with Crippen molar-refractivity contribution in [2.45, 2.75) is 32.9 Å². The molecule has 0 spiro atoms. The van der Waals surface area contributed by atoms with Crippen LogP contribution >= 0.6 is 0 Å². The summed E-state index contributed by atoms with van der Waals surface area (Å²) in [4.78, 5) is 22.2. The van der Waals surface area contributed by atoms with Gasteiger partial charge < -0.3 is 16.8 Å². The van der Waals surface area contributed by atoms with Crippen LogP contribution in [-0.4, -0.2) is 17.9 Å². The smallest absolute Gasteiger partial charge is 0.237 e. The highest BCUT2D eigenvalue weighted by Gasteiger charge is 2.15. The first-order valence-electron chi connectivity index (χ1n) is 5.88. The molecule has 5 N–H and O–H groups in total. The third kappa shape index (κ3) is 4.33. The molecule has 1 atom stereocenters. The largest absolute Gasteiger partial charge is 0.370 e. The Morgan fingerprint density at radius 2 is 1.84 bits per heavy atom. The summed E-state index contributed by atoms with van der Waals surface area (Å²) in [7, 11) is 0. The fraction of sp³-hybridized carbons (Fsp3) is 0.385. The number of aryl methyl sites for hydroxylation is 2. The molecule has 0 saturated carbocycles. The molecule has 0 bridgehead atoms. The number of hydrogen-bond acceptors (Lipinski definition) is 3. The van der Waals surface area contributed by atoms with Crippen molar-refractivity contribution in [3.05, 3.63) is 34.6 Å². The third-order valence-electron chi connectivity index (χ3n) is 2.72. The van der Waals surface area contributed by atoms with Crippen molar-refractivity contribution in [1.82, 2.24) is 5.32 Å². The Kier molecular flexibility index (Phi) is 5.00. The van der Waals surface area contributed by atoms with Crippen LogP contribution in [-0.2, 0) is 16.1 Å². The number of primary amides is 1. The molecular formula is C13H18FN3O2. The number of amides is 2. The zero-order chi connectivity index (χ0) is 14.6. The fourth-order valence-electron chi connectivity index (χ4n) is 1.77. The lowest BCUT2D eigenvalue weighted by molar-refractivity contribution is -0.126. The molecule has 6 heteroatoms. The average Bonchev–Trinajstić information content (AvgIpc) is 2.31. The van der Waals surface area contributed by atoms with Gasteiger partial charge in [0.05, 0.1) is 12.5 Å². The normalized spacial score (nSPS) is 12.0. The van der Waals surface area contributed by atoms with E-state index in [-0.39, 0.29) is 18.8 Å². The number of carbonyl (C=O) groups excluding carboxylic acids is 2. The van der Waals surface area contributed by atoms with Gasteiger partial charge in [0.1, 0.15) is 5.82 Å². The van der Waals surface area contributed by atoms with Crippen molar-refractivity contribution in [3.8, 4) is 0 Å². The van der Waals surface area contributed by atoms with E-state index in [1.165, 1.54) is 0 Å². The Bertz CT molecular complexity index is 480. The molecule has 0 aliphatic carbocycles. The minimum atomic E-state index is -0.958. The van der Waals surface area contributed by atoms with Crippen LogP contribution in [0.15, 0.2) is 12.1 Å². The van der Waals surface area contributed by atoms with Gasteiger partial charge in [-0.3, -0.25) is 9.59 Å². The first-order valence-corrected chi connectivity index (χ1v) is 5.88. The number of hydrogen-bond donors (Lipinski definition) is 3. The molecule has 1 aromatic carbocycles. The second-order valence-electron chi connectivity index (χ2n) is 4.54. The van der Waals surface area contributed by atoms with E-state index in [1.807, 2.05) is 0 Å². The van der Waals surface area contributed by atoms with Gasteiger partial charge in [-0.2, -0.15) is 0 Å². The van der Waals surface area contributed by atoms with E-state index in [9.17, 15) is 14.0 Å². The zero-order valence-electron chi connectivity index (χ0n) is 11.0. The van der Waals surface area contributed by atoms with Crippen LogP contribution in [0.4, 0.5) is 4.39 Å². The number of nitrogens with two attached hydrogens (primary N) is 2. The van der Waals surface area contributed by atoms with E-state index >= 15 is 0 Å². The maximum Gasteiger partial charge on any atom is 0.237 e. The second kappa shape index (κ2) is 6.29. The van der Waals surface area contributed by atoms with Gasteiger partial charge in [-0.25, -0.2) is 4.39 Å². The number of benzene rings is 1. The minimum absolute atomic E-state index is 0.201.